The third-order valence-electron chi connectivity index (χ3n) is 7.03. The van der Waals surface area contributed by atoms with E-state index < -0.39 is 5.97 Å². The fourth-order valence-electron chi connectivity index (χ4n) is 5.09. The minimum atomic E-state index is -0.774. The van der Waals surface area contributed by atoms with E-state index >= 15 is 0 Å². The van der Waals surface area contributed by atoms with Gasteiger partial charge in [-0.3, -0.25) is 14.6 Å². The Morgan fingerprint density at radius 2 is 1.67 bits per heavy atom. The molecule has 1 saturated heterocycles. The molecule has 5 heteroatoms. The van der Waals surface area contributed by atoms with Crippen molar-refractivity contribution in [3.63, 3.8) is 0 Å². The Morgan fingerprint density at radius 1 is 0.917 bits per heavy atom. The number of benzene rings is 3. The number of amides is 1. The summed E-state index contributed by atoms with van der Waals surface area (Å²) in [6, 6.07) is 28.5. The lowest BCUT2D eigenvalue weighted by molar-refractivity contribution is -0.137. The van der Waals surface area contributed by atoms with E-state index in [1.54, 1.807) is 0 Å². The summed E-state index contributed by atoms with van der Waals surface area (Å²) < 4.78 is 0. The second-order valence-electron chi connectivity index (χ2n) is 9.50. The summed E-state index contributed by atoms with van der Waals surface area (Å²) in [6.07, 6.45) is 3.18. The molecule has 0 spiro atoms. The molecule has 1 aromatic heterocycles. The van der Waals surface area contributed by atoms with Crippen molar-refractivity contribution in [3.05, 3.63) is 102 Å². The molecule has 0 radical (unpaired) electrons. The first kappa shape index (κ1) is 23.7. The first-order valence-corrected chi connectivity index (χ1v) is 12.6. The van der Waals surface area contributed by atoms with Gasteiger partial charge in [-0.2, -0.15) is 0 Å². The van der Waals surface area contributed by atoms with Crippen LogP contribution in [0.25, 0.3) is 22.0 Å². The van der Waals surface area contributed by atoms with Gasteiger partial charge in [-0.1, -0.05) is 66.7 Å². The molecule has 0 unspecified atom stereocenters. The van der Waals surface area contributed by atoms with E-state index in [2.05, 4.69) is 42.5 Å². The van der Waals surface area contributed by atoms with E-state index in [1.807, 2.05) is 47.4 Å². The molecule has 1 atom stereocenters. The number of unbranched alkanes of at least 4 members (excludes halogenated alkanes) is 1. The molecular weight excluding hydrogens is 448 g/mol. The van der Waals surface area contributed by atoms with E-state index in [0.717, 1.165) is 53.7 Å². The van der Waals surface area contributed by atoms with Gasteiger partial charge in [-0.15, -0.1) is 0 Å². The van der Waals surface area contributed by atoms with Gasteiger partial charge in [-0.05, 0) is 55.0 Å². The molecular formula is C31H30N2O3. The Bertz CT molecular complexity index is 1370. The van der Waals surface area contributed by atoms with Crippen LogP contribution in [0, 0.1) is 0 Å². The lowest BCUT2D eigenvalue weighted by Crippen LogP contribution is -2.28. The number of hydrogen-bond donors (Lipinski definition) is 1. The van der Waals surface area contributed by atoms with E-state index in [-0.39, 0.29) is 12.3 Å². The normalized spacial score (nSPS) is 15.3. The molecule has 1 N–H and O–H groups in total. The van der Waals surface area contributed by atoms with Crippen LogP contribution in [-0.4, -0.2) is 40.0 Å². The molecule has 5 rings (SSSR count). The van der Waals surface area contributed by atoms with Crippen LogP contribution in [0.3, 0.4) is 0 Å². The van der Waals surface area contributed by atoms with Crippen molar-refractivity contribution in [3.8, 4) is 11.1 Å². The fourth-order valence-corrected chi connectivity index (χ4v) is 5.09. The van der Waals surface area contributed by atoms with Crippen molar-refractivity contribution in [2.24, 2.45) is 0 Å². The molecule has 5 nitrogen and oxygen atoms in total. The molecule has 1 aliphatic rings. The van der Waals surface area contributed by atoms with Crippen molar-refractivity contribution in [1.82, 2.24) is 9.88 Å². The van der Waals surface area contributed by atoms with E-state index in [4.69, 9.17) is 10.1 Å². The summed E-state index contributed by atoms with van der Waals surface area (Å²) in [5, 5.41) is 9.98. The Hall–Kier alpha value is -3.99. The maximum Gasteiger partial charge on any atom is 0.303 e. The predicted molar refractivity (Wildman–Crippen MR) is 142 cm³/mol. The number of carboxylic acids is 1. The first-order chi connectivity index (χ1) is 17.6. The number of rotatable bonds is 8. The Morgan fingerprint density at radius 3 is 2.42 bits per heavy atom. The summed E-state index contributed by atoms with van der Waals surface area (Å²) in [6.45, 7) is 1.49. The topological polar surface area (TPSA) is 70.5 Å². The van der Waals surface area contributed by atoms with Crippen LogP contribution in [-0.2, 0) is 11.2 Å². The van der Waals surface area contributed by atoms with E-state index in [1.165, 1.54) is 5.56 Å². The van der Waals surface area contributed by atoms with Gasteiger partial charge in [0.2, 0.25) is 0 Å². The summed E-state index contributed by atoms with van der Waals surface area (Å²) in [5.74, 6) is -0.351. The molecule has 1 amide bonds. The summed E-state index contributed by atoms with van der Waals surface area (Å²) in [5.41, 5.74) is 5.83. The highest BCUT2D eigenvalue weighted by Crippen LogP contribution is 2.30. The number of pyridine rings is 1. The minimum Gasteiger partial charge on any atom is -0.481 e. The molecule has 3 aromatic carbocycles. The number of aryl methyl sites for hydroxylation is 1. The van der Waals surface area contributed by atoms with Crippen LogP contribution >= 0.6 is 0 Å². The second kappa shape index (κ2) is 10.7. The lowest BCUT2D eigenvalue weighted by Gasteiger charge is -2.17. The quantitative estimate of drug-likeness (QED) is 0.301. The maximum atomic E-state index is 13.4. The van der Waals surface area contributed by atoms with Crippen molar-refractivity contribution < 1.29 is 14.7 Å². The van der Waals surface area contributed by atoms with Crippen LogP contribution in [0.1, 0.15) is 53.2 Å². The molecule has 4 aromatic rings. The first-order valence-electron chi connectivity index (χ1n) is 12.6. The molecule has 0 bridgehead atoms. The average molecular weight is 479 g/mol. The van der Waals surface area contributed by atoms with Crippen LogP contribution in [0.4, 0.5) is 0 Å². The summed E-state index contributed by atoms with van der Waals surface area (Å²) >= 11 is 0. The number of carbonyl (C=O) groups excluding carboxylic acids is 1. The van der Waals surface area contributed by atoms with Crippen LogP contribution < -0.4 is 0 Å². The Kier molecular flexibility index (Phi) is 7.08. The molecule has 36 heavy (non-hydrogen) atoms. The highest BCUT2D eigenvalue weighted by Gasteiger charge is 2.28. The average Bonchev–Trinajstić information content (AvgIpc) is 3.41. The third-order valence-corrected chi connectivity index (χ3v) is 7.03. The molecule has 1 aliphatic heterocycles. The standard InChI is InChI=1S/C31H30N2O3/c34-30(35)14-8-7-13-28-27(23-11-5-2-6-12-23)19-24-15-16-25(20-29(24)32-28)31(36)33-18-17-26(21-33)22-9-3-1-4-10-22/h1-6,9-12,15-16,19-20,26H,7-8,13-14,17-18,21H2,(H,34,35)/t26-/m0/s1. The smallest absolute Gasteiger partial charge is 0.303 e. The number of carbonyl (C=O) groups is 2. The van der Waals surface area contributed by atoms with Gasteiger partial charge in [-0.25, -0.2) is 0 Å². The van der Waals surface area contributed by atoms with Crippen LogP contribution in [0.15, 0.2) is 84.9 Å². The van der Waals surface area contributed by atoms with Gasteiger partial charge in [0.25, 0.3) is 5.91 Å². The van der Waals surface area contributed by atoms with Gasteiger partial charge in [0.05, 0.1) is 5.52 Å². The molecule has 182 valence electrons. The molecule has 0 aliphatic carbocycles. The maximum absolute atomic E-state index is 13.4. The third kappa shape index (κ3) is 5.30. The molecule has 2 heterocycles. The SMILES string of the molecule is O=C(O)CCCCc1nc2cc(C(=O)N3CC[C@H](c4ccccc4)C3)ccc2cc1-c1ccccc1. The van der Waals surface area contributed by atoms with Crippen molar-refractivity contribution in [1.29, 1.82) is 0 Å². The van der Waals surface area contributed by atoms with Crippen LogP contribution in [0.5, 0.6) is 0 Å². The van der Waals surface area contributed by atoms with Gasteiger partial charge in [0, 0.05) is 47.6 Å². The van der Waals surface area contributed by atoms with Crippen molar-refractivity contribution in [2.45, 2.75) is 38.0 Å². The fraction of sp³-hybridized carbons (Fsp3) is 0.258. The number of carboxylic acid groups (broad SMARTS) is 1. The second-order valence-corrected chi connectivity index (χ2v) is 9.50. The van der Waals surface area contributed by atoms with Gasteiger partial charge in [0.15, 0.2) is 0 Å². The van der Waals surface area contributed by atoms with Crippen molar-refractivity contribution in [2.75, 3.05) is 13.1 Å². The zero-order valence-electron chi connectivity index (χ0n) is 20.3. The zero-order valence-corrected chi connectivity index (χ0v) is 20.3. The summed E-state index contributed by atoms with van der Waals surface area (Å²) in [7, 11) is 0. The van der Waals surface area contributed by atoms with Gasteiger partial charge >= 0.3 is 5.97 Å². The number of hydrogen-bond acceptors (Lipinski definition) is 3. The number of nitrogens with zero attached hydrogens (tertiary/aromatic N) is 2. The lowest BCUT2D eigenvalue weighted by atomic mass is 9.97. The number of likely N-dealkylation sites (tertiary alicyclic amines) is 1. The van der Waals surface area contributed by atoms with E-state index in [9.17, 15) is 9.59 Å². The van der Waals surface area contributed by atoms with Crippen molar-refractivity contribution >= 4 is 22.8 Å². The monoisotopic (exact) mass is 478 g/mol. The highest BCUT2D eigenvalue weighted by molar-refractivity contribution is 5.98. The Balaban J connectivity index is 1.40. The minimum absolute atomic E-state index is 0.0484. The highest BCUT2D eigenvalue weighted by atomic mass is 16.4. The van der Waals surface area contributed by atoms with Crippen LogP contribution in [0.2, 0.25) is 0 Å². The van der Waals surface area contributed by atoms with Gasteiger partial charge < -0.3 is 10.0 Å². The largest absolute Gasteiger partial charge is 0.481 e. The number of aromatic nitrogens is 1. The zero-order chi connectivity index (χ0) is 24.9. The Labute approximate surface area is 211 Å². The van der Waals surface area contributed by atoms with Gasteiger partial charge in [0.1, 0.15) is 0 Å². The summed E-state index contributed by atoms with van der Waals surface area (Å²) in [4.78, 5) is 31.2. The number of fused-ring (bicyclic) bond motifs is 1. The number of aliphatic carboxylic acids is 1. The molecule has 1 fully saturated rings. The molecule has 0 saturated carbocycles. The van der Waals surface area contributed by atoms with E-state index in [0.29, 0.717) is 24.3 Å². The predicted octanol–water partition coefficient (Wildman–Crippen LogP) is 6.33.